The molecule has 7 aromatic carbocycles. The van der Waals surface area contributed by atoms with E-state index >= 15 is 0 Å². The van der Waals surface area contributed by atoms with Gasteiger partial charge in [0.05, 0.1) is 5.41 Å². The summed E-state index contributed by atoms with van der Waals surface area (Å²) >= 11 is 0. The first-order valence-electron chi connectivity index (χ1n) is 18.8. The van der Waals surface area contributed by atoms with Gasteiger partial charge >= 0.3 is 0 Å². The fourth-order valence-corrected chi connectivity index (χ4v) is 9.92. The number of hydrogen-bond acceptors (Lipinski definition) is 1. The van der Waals surface area contributed by atoms with Gasteiger partial charge in [-0.05, 0) is 110 Å². The van der Waals surface area contributed by atoms with Crippen molar-refractivity contribution in [3.05, 3.63) is 221 Å². The molecule has 7 aromatic rings. The first-order valence-corrected chi connectivity index (χ1v) is 18.8. The van der Waals surface area contributed by atoms with Crippen LogP contribution in [-0.2, 0) is 10.8 Å². The lowest BCUT2D eigenvalue weighted by molar-refractivity contribution is 0.660. The Hall–Kier alpha value is -6.18. The molecule has 1 spiro atoms. The highest BCUT2D eigenvalue weighted by atomic mass is 15.1. The molecule has 1 nitrogen and oxygen atoms in total. The van der Waals surface area contributed by atoms with Gasteiger partial charge in [-0.15, -0.1) is 0 Å². The molecule has 0 saturated heterocycles. The summed E-state index contributed by atoms with van der Waals surface area (Å²) in [6, 6.07) is 61.2. The van der Waals surface area contributed by atoms with Crippen molar-refractivity contribution in [1.29, 1.82) is 0 Å². The second-order valence-electron chi connectivity index (χ2n) is 15.2. The maximum absolute atomic E-state index is 2.49. The van der Waals surface area contributed by atoms with E-state index in [9.17, 15) is 0 Å². The molecule has 0 N–H and O–H groups in total. The highest BCUT2D eigenvalue weighted by molar-refractivity contribution is 5.97. The number of nitrogens with zero attached hydrogens (tertiary/aromatic N) is 1. The van der Waals surface area contributed by atoms with Crippen LogP contribution in [0.4, 0.5) is 11.4 Å². The van der Waals surface area contributed by atoms with Gasteiger partial charge in [0.2, 0.25) is 0 Å². The van der Waals surface area contributed by atoms with E-state index in [0.29, 0.717) is 0 Å². The van der Waals surface area contributed by atoms with Gasteiger partial charge in [-0.3, -0.25) is 0 Å². The third-order valence-corrected chi connectivity index (χ3v) is 12.2. The first kappa shape index (κ1) is 31.5. The van der Waals surface area contributed by atoms with Gasteiger partial charge in [0.25, 0.3) is 0 Å². The minimum atomic E-state index is -0.364. The number of fused-ring (bicyclic) bond motifs is 13. The summed E-state index contributed by atoms with van der Waals surface area (Å²) < 4.78 is 0. The number of hydrogen-bond donors (Lipinski definition) is 0. The van der Waals surface area contributed by atoms with Crippen molar-refractivity contribution in [1.82, 2.24) is 0 Å². The van der Waals surface area contributed by atoms with Crippen molar-refractivity contribution in [2.75, 3.05) is 4.90 Å². The Morgan fingerprint density at radius 2 is 0.906 bits per heavy atom. The average molecular weight is 680 g/mol. The van der Waals surface area contributed by atoms with E-state index in [4.69, 9.17) is 0 Å². The van der Waals surface area contributed by atoms with E-state index in [0.717, 1.165) is 11.4 Å². The van der Waals surface area contributed by atoms with Crippen LogP contribution in [0.2, 0.25) is 0 Å². The Balaban J connectivity index is 1.23. The maximum atomic E-state index is 2.49. The van der Waals surface area contributed by atoms with Crippen LogP contribution in [0.1, 0.15) is 66.6 Å². The zero-order valence-electron chi connectivity index (χ0n) is 30.7. The normalized spacial score (nSPS) is 15.3. The standard InChI is InChI=1S/C52H41N/c1-5-17-38(35-18-7-6-8-19-35)34(2)53(37-28-30-43-39-20-9-13-24-45(39)51(3,4)50(43)33-37)36-29-31-49-44(32-36)42-23-12-16-27-48(42)52(49)46-25-14-10-21-40(46)41-22-11-15-26-47(41)52/h5-33H,1-4H3/b17-5-,38-34-. The predicted octanol–water partition coefficient (Wildman–Crippen LogP) is 13.5. The molecule has 254 valence electrons. The molecule has 0 amide bonds. The maximum Gasteiger partial charge on any atom is 0.0725 e. The topological polar surface area (TPSA) is 3.24 Å². The quantitative estimate of drug-likeness (QED) is 0.164. The van der Waals surface area contributed by atoms with Gasteiger partial charge in [-0.25, -0.2) is 0 Å². The van der Waals surface area contributed by atoms with Crippen LogP contribution in [0.25, 0.3) is 39.0 Å². The molecule has 0 unspecified atom stereocenters. The molecular formula is C52H41N. The summed E-state index contributed by atoms with van der Waals surface area (Å²) in [7, 11) is 0. The molecule has 0 heterocycles. The molecule has 0 bridgehead atoms. The fourth-order valence-electron chi connectivity index (χ4n) is 9.92. The van der Waals surface area contributed by atoms with Crippen LogP contribution in [0.3, 0.4) is 0 Å². The Labute approximate surface area is 313 Å². The third kappa shape index (κ3) is 4.31. The largest absolute Gasteiger partial charge is 0.314 e. The molecule has 0 fully saturated rings. The van der Waals surface area contributed by atoms with E-state index in [-0.39, 0.29) is 10.8 Å². The number of allylic oxidation sites excluding steroid dienone is 4. The zero-order valence-corrected chi connectivity index (χ0v) is 30.7. The lowest BCUT2D eigenvalue weighted by Crippen LogP contribution is -2.26. The Kier molecular flexibility index (Phi) is 6.94. The molecule has 3 aliphatic rings. The lowest BCUT2D eigenvalue weighted by atomic mass is 9.70. The minimum absolute atomic E-state index is 0.108. The monoisotopic (exact) mass is 679 g/mol. The Morgan fingerprint density at radius 3 is 1.51 bits per heavy atom. The number of anilines is 2. The fraction of sp³-hybridized carbons (Fsp3) is 0.115. The molecule has 0 aromatic heterocycles. The van der Waals surface area contributed by atoms with E-state index in [1.807, 2.05) is 0 Å². The van der Waals surface area contributed by atoms with Crippen molar-refractivity contribution in [3.63, 3.8) is 0 Å². The van der Waals surface area contributed by atoms with Crippen LogP contribution in [0.15, 0.2) is 182 Å². The summed E-state index contributed by atoms with van der Waals surface area (Å²) in [5.41, 5.74) is 21.6. The highest BCUT2D eigenvalue weighted by Gasteiger charge is 2.51. The molecule has 0 atom stereocenters. The van der Waals surface area contributed by atoms with Crippen LogP contribution in [-0.4, -0.2) is 0 Å². The predicted molar refractivity (Wildman–Crippen MR) is 223 cm³/mol. The Bertz CT molecular complexity index is 2620. The second kappa shape index (κ2) is 11.7. The second-order valence-corrected chi connectivity index (χ2v) is 15.2. The van der Waals surface area contributed by atoms with Crippen molar-refractivity contribution in [3.8, 4) is 33.4 Å². The summed E-state index contributed by atoms with van der Waals surface area (Å²) in [4.78, 5) is 2.49. The minimum Gasteiger partial charge on any atom is -0.314 e. The SMILES string of the molecule is C/C=C\C(=C(/C)N(c1ccc2c(c1)-c1ccccc1C21c2ccccc2-c2ccccc21)c1ccc2c(c1)C(C)(C)c1ccccc1-2)c1ccccc1. The van der Waals surface area contributed by atoms with Gasteiger partial charge in [-0.1, -0.05) is 166 Å². The van der Waals surface area contributed by atoms with E-state index in [2.05, 4.69) is 209 Å². The first-order chi connectivity index (χ1) is 25.9. The van der Waals surface area contributed by atoms with E-state index < -0.39 is 0 Å². The number of rotatable bonds is 5. The van der Waals surface area contributed by atoms with Crippen molar-refractivity contribution < 1.29 is 0 Å². The smallest absolute Gasteiger partial charge is 0.0725 e. The summed E-state index contributed by atoms with van der Waals surface area (Å²) in [5, 5.41) is 0. The summed E-state index contributed by atoms with van der Waals surface area (Å²) in [6.07, 6.45) is 4.42. The average Bonchev–Trinajstić information content (AvgIpc) is 3.76. The van der Waals surface area contributed by atoms with Crippen molar-refractivity contribution in [2.45, 2.75) is 38.5 Å². The van der Waals surface area contributed by atoms with Gasteiger partial charge in [0.1, 0.15) is 0 Å². The molecule has 0 aliphatic heterocycles. The van der Waals surface area contributed by atoms with Crippen LogP contribution >= 0.6 is 0 Å². The highest BCUT2D eigenvalue weighted by Crippen LogP contribution is 2.63. The van der Waals surface area contributed by atoms with Crippen LogP contribution in [0.5, 0.6) is 0 Å². The van der Waals surface area contributed by atoms with Gasteiger partial charge < -0.3 is 4.90 Å². The van der Waals surface area contributed by atoms with Crippen LogP contribution in [0, 0.1) is 0 Å². The summed E-state index contributed by atoms with van der Waals surface area (Å²) in [6.45, 7) is 9.12. The van der Waals surface area contributed by atoms with Gasteiger partial charge in [0, 0.05) is 28.1 Å². The van der Waals surface area contributed by atoms with Gasteiger partial charge in [-0.2, -0.15) is 0 Å². The molecule has 3 aliphatic carbocycles. The van der Waals surface area contributed by atoms with Crippen molar-refractivity contribution >= 4 is 16.9 Å². The van der Waals surface area contributed by atoms with Crippen LogP contribution < -0.4 is 4.90 Å². The molecule has 0 radical (unpaired) electrons. The molecule has 0 saturated carbocycles. The summed E-state index contributed by atoms with van der Waals surface area (Å²) in [5.74, 6) is 0. The van der Waals surface area contributed by atoms with E-state index in [1.165, 1.54) is 83.6 Å². The Morgan fingerprint density at radius 1 is 0.453 bits per heavy atom. The molecule has 1 heteroatoms. The zero-order chi connectivity index (χ0) is 35.9. The van der Waals surface area contributed by atoms with Gasteiger partial charge in [0.15, 0.2) is 0 Å². The third-order valence-electron chi connectivity index (χ3n) is 12.2. The van der Waals surface area contributed by atoms with Crippen molar-refractivity contribution in [2.24, 2.45) is 0 Å². The lowest BCUT2D eigenvalue weighted by Gasteiger charge is -2.32. The molecule has 10 rings (SSSR count). The van der Waals surface area contributed by atoms with E-state index in [1.54, 1.807) is 0 Å². The number of benzene rings is 7. The molecular weight excluding hydrogens is 639 g/mol. The molecule has 53 heavy (non-hydrogen) atoms.